The number of nitrogens with zero attached hydrogens (tertiary/aromatic N) is 1. The molecule has 2 N–H and O–H groups in total. The van der Waals surface area contributed by atoms with E-state index in [9.17, 15) is 19.5 Å². The summed E-state index contributed by atoms with van der Waals surface area (Å²) in [6.07, 6.45) is 0.435. The van der Waals surface area contributed by atoms with Crippen molar-refractivity contribution in [1.29, 1.82) is 0 Å². The highest BCUT2D eigenvalue weighted by Gasteiger charge is 2.80. The molecule has 2 aromatic carbocycles. The van der Waals surface area contributed by atoms with Crippen molar-refractivity contribution in [3.05, 3.63) is 65.2 Å². The molecule has 38 heavy (non-hydrogen) atoms. The van der Waals surface area contributed by atoms with E-state index in [0.717, 1.165) is 11.1 Å². The number of aliphatic hydroxyl groups excluding tert-OH is 1. The van der Waals surface area contributed by atoms with Crippen LogP contribution in [0.5, 0.6) is 0 Å². The second kappa shape index (κ2) is 9.50. The first-order valence-electron chi connectivity index (χ1n) is 13.3. The predicted octanol–water partition coefficient (Wildman–Crippen LogP) is 3.55. The zero-order valence-electron chi connectivity index (χ0n) is 22.6. The number of esters is 1. The number of aliphatic hydroxyl groups is 1. The summed E-state index contributed by atoms with van der Waals surface area (Å²) in [4.78, 5) is 43.4. The number of hydrogen-bond donors (Lipinski definition) is 2. The highest BCUT2D eigenvalue weighted by Crippen LogP contribution is 2.66. The van der Waals surface area contributed by atoms with E-state index >= 15 is 0 Å². The normalized spacial score (nSPS) is 32.3. The van der Waals surface area contributed by atoms with Crippen LogP contribution in [-0.2, 0) is 23.9 Å². The Balaban J connectivity index is 1.65. The topological polar surface area (TPSA) is 105 Å². The van der Waals surface area contributed by atoms with E-state index in [1.165, 1.54) is 4.90 Å². The number of rotatable bonds is 7. The number of amides is 2. The van der Waals surface area contributed by atoms with Crippen LogP contribution < -0.4 is 5.32 Å². The molecular formula is C30H36N2O6. The van der Waals surface area contributed by atoms with Crippen molar-refractivity contribution in [3.8, 4) is 0 Å². The molecule has 3 aliphatic heterocycles. The van der Waals surface area contributed by atoms with E-state index in [2.05, 4.69) is 5.32 Å². The van der Waals surface area contributed by atoms with Gasteiger partial charge in [-0.25, -0.2) is 0 Å². The van der Waals surface area contributed by atoms with Crippen LogP contribution in [0.3, 0.4) is 0 Å². The van der Waals surface area contributed by atoms with Gasteiger partial charge >= 0.3 is 5.97 Å². The summed E-state index contributed by atoms with van der Waals surface area (Å²) < 4.78 is 12.1. The second-order valence-electron chi connectivity index (χ2n) is 11.1. The molecule has 0 aliphatic carbocycles. The Labute approximate surface area is 223 Å². The zero-order chi connectivity index (χ0) is 27.4. The summed E-state index contributed by atoms with van der Waals surface area (Å²) in [7, 11) is 0. The fourth-order valence-corrected chi connectivity index (χ4v) is 7.00. The maximum absolute atomic E-state index is 14.3. The first-order valence-corrected chi connectivity index (χ1v) is 13.3. The Morgan fingerprint density at radius 1 is 1.21 bits per heavy atom. The van der Waals surface area contributed by atoms with Crippen molar-refractivity contribution in [3.63, 3.8) is 0 Å². The summed E-state index contributed by atoms with van der Waals surface area (Å²) >= 11 is 0. The minimum Gasteiger partial charge on any atom is -0.466 e. The molecule has 1 spiro atoms. The molecule has 5 rings (SSSR count). The molecule has 8 nitrogen and oxygen atoms in total. The third-order valence-corrected chi connectivity index (χ3v) is 8.89. The predicted molar refractivity (Wildman–Crippen MR) is 141 cm³/mol. The van der Waals surface area contributed by atoms with Crippen molar-refractivity contribution >= 4 is 23.5 Å². The quantitative estimate of drug-likeness (QED) is 0.541. The fourth-order valence-electron chi connectivity index (χ4n) is 7.00. The number of ether oxygens (including phenoxy) is 2. The maximum Gasteiger partial charge on any atom is 0.312 e. The average molecular weight is 521 g/mol. The summed E-state index contributed by atoms with van der Waals surface area (Å²) in [5.41, 5.74) is 1.05. The van der Waals surface area contributed by atoms with Gasteiger partial charge in [-0.3, -0.25) is 14.4 Å². The lowest BCUT2D eigenvalue weighted by molar-refractivity contribution is -0.162. The molecule has 0 saturated carbocycles. The van der Waals surface area contributed by atoms with E-state index in [1.807, 2.05) is 76.2 Å². The van der Waals surface area contributed by atoms with E-state index in [1.54, 1.807) is 6.92 Å². The molecule has 7 atom stereocenters. The van der Waals surface area contributed by atoms with Gasteiger partial charge in [-0.1, -0.05) is 49.4 Å². The molecule has 8 heteroatoms. The molecule has 3 unspecified atom stereocenters. The average Bonchev–Trinajstić information content (AvgIpc) is 3.40. The largest absolute Gasteiger partial charge is 0.466 e. The number of fused-ring (bicyclic) bond motifs is 1. The number of nitrogens with one attached hydrogen (secondary N) is 1. The van der Waals surface area contributed by atoms with Gasteiger partial charge in [0.1, 0.15) is 17.6 Å². The molecule has 202 valence electrons. The first kappa shape index (κ1) is 26.4. The third kappa shape index (κ3) is 3.76. The van der Waals surface area contributed by atoms with Crippen molar-refractivity contribution in [1.82, 2.24) is 4.90 Å². The Bertz CT molecular complexity index is 1260. The molecule has 2 bridgehead atoms. The lowest BCUT2D eigenvalue weighted by Crippen LogP contribution is -2.54. The van der Waals surface area contributed by atoms with Crippen molar-refractivity contribution in [2.75, 3.05) is 18.5 Å². The third-order valence-electron chi connectivity index (χ3n) is 8.89. The van der Waals surface area contributed by atoms with Gasteiger partial charge in [0.25, 0.3) is 0 Å². The lowest BCUT2D eigenvalue weighted by atomic mass is 9.62. The van der Waals surface area contributed by atoms with Crippen LogP contribution in [0, 0.1) is 31.6 Å². The van der Waals surface area contributed by atoms with Crippen LogP contribution in [0.1, 0.15) is 49.9 Å². The molecular weight excluding hydrogens is 484 g/mol. The monoisotopic (exact) mass is 520 g/mol. The number of carbonyl (C=O) groups is 3. The summed E-state index contributed by atoms with van der Waals surface area (Å²) in [5.74, 6) is -3.10. The summed E-state index contributed by atoms with van der Waals surface area (Å²) in [6.45, 7) is 9.22. The summed E-state index contributed by atoms with van der Waals surface area (Å²) in [5, 5.41) is 13.6. The lowest BCUT2D eigenvalue weighted by Gasteiger charge is -2.37. The van der Waals surface area contributed by atoms with Crippen molar-refractivity contribution in [2.24, 2.45) is 17.8 Å². The van der Waals surface area contributed by atoms with E-state index in [-0.39, 0.29) is 25.0 Å². The van der Waals surface area contributed by atoms with Crippen LogP contribution in [0.2, 0.25) is 0 Å². The van der Waals surface area contributed by atoms with Crippen LogP contribution in [0.15, 0.2) is 48.5 Å². The fraction of sp³-hybridized carbons (Fsp3) is 0.500. The van der Waals surface area contributed by atoms with Gasteiger partial charge < -0.3 is 24.8 Å². The summed E-state index contributed by atoms with van der Waals surface area (Å²) in [6, 6.07) is 13.1. The Morgan fingerprint density at radius 3 is 2.58 bits per heavy atom. The first-order chi connectivity index (χ1) is 18.1. The van der Waals surface area contributed by atoms with Crippen LogP contribution in [0.25, 0.3) is 0 Å². The van der Waals surface area contributed by atoms with Crippen LogP contribution >= 0.6 is 0 Å². The second-order valence-corrected chi connectivity index (χ2v) is 11.1. The highest BCUT2D eigenvalue weighted by molar-refractivity contribution is 6.04. The van der Waals surface area contributed by atoms with Gasteiger partial charge in [-0.2, -0.15) is 0 Å². The van der Waals surface area contributed by atoms with E-state index < -0.39 is 47.0 Å². The van der Waals surface area contributed by atoms with E-state index in [4.69, 9.17) is 9.47 Å². The molecule has 0 aromatic heterocycles. The highest BCUT2D eigenvalue weighted by atomic mass is 16.6. The van der Waals surface area contributed by atoms with Gasteiger partial charge in [-0.05, 0) is 62.8 Å². The van der Waals surface area contributed by atoms with Crippen molar-refractivity contribution < 1.29 is 29.0 Å². The molecule has 0 radical (unpaired) electrons. The molecule has 3 fully saturated rings. The van der Waals surface area contributed by atoms with Crippen LogP contribution in [0.4, 0.5) is 5.69 Å². The SMILES string of the molecule is CCOC(=O)[C@@H]1[C@H]2C(=O)N([C@H](CO)c3ccccc3)C(C(=O)Nc3cc(C)ccc3C)C23CC(C)[C@@]1(C)O3. The van der Waals surface area contributed by atoms with Gasteiger partial charge in [0, 0.05) is 5.69 Å². The number of benzene rings is 2. The van der Waals surface area contributed by atoms with Gasteiger partial charge in [0.05, 0.1) is 30.8 Å². The molecule has 3 aliphatic rings. The van der Waals surface area contributed by atoms with Gasteiger partial charge in [0.2, 0.25) is 11.8 Å². The molecule has 2 aromatic rings. The number of aryl methyl sites for hydroxylation is 2. The molecule has 3 heterocycles. The smallest absolute Gasteiger partial charge is 0.312 e. The standard InChI is InChI=1S/C30H36N2O6/c1-6-37-28(36)24-23-27(35)32(22(16-33)20-10-8-7-9-11-20)25(30(23)15-19(4)29(24,5)38-30)26(34)31-21-14-17(2)12-13-18(21)3/h7-14,19,22-25,33H,6,15-16H2,1-5H3,(H,31,34)/t19?,22-,23+,24+,25?,29-,30?/m1/s1. The van der Waals surface area contributed by atoms with Crippen LogP contribution in [-0.4, -0.2) is 58.2 Å². The van der Waals surface area contributed by atoms with Gasteiger partial charge in [-0.15, -0.1) is 0 Å². The number of likely N-dealkylation sites (tertiary alicyclic amines) is 1. The molecule has 3 saturated heterocycles. The Morgan fingerprint density at radius 2 is 1.92 bits per heavy atom. The minimum atomic E-state index is -1.23. The van der Waals surface area contributed by atoms with Crippen molar-refractivity contribution in [2.45, 2.75) is 64.3 Å². The van der Waals surface area contributed by atoms with E-state index in [0.29, 0.717) is 17.7 Å². The number of carbonyl (C=O) groups excluding carboxylic acids is 3. The number of anilines is 1. The Kier molecular flexibility index (Phi) is 6.60. The zero-order valence-corrected chi connectivity index (χ0v) is 22.6. The number of hydrogen-bond acceptors (Lipinski definition) is 6. The van der Waals surface area contributed by atoms with Gasteiger partial charge in [0.15, 0.2) is 0 Å². The maximum atomic E-state index is 14.3. The minimum absolute atomic E-state index is 0.0961. The molecule has 2 amide bonds. The Hall–Kier alpha value is -3.23.